The fourth-order valence-corrected chi connectivity index (χ4v) is 3.29. The van der Waals surface area contributed by atoms with E-state index in [1.807, 2.05) is 20.8 Å². The SMILES string of the molecule is CCc1nnc(NC(=O)c2nnc(CCCC(=O)NC(C)C)s2)s1. The third-order valence-corrected chi connectivity index (χ3v) is 4.86. The summed E-state index contributed by atoms with van der Waals surface area (Å²) < 4.78 is 0. The quantitative estimate of drug-likeness (QED) is 0.738. The van der Waals surface area contributed by atoms with Crippen LogP contribution in [0.25, 0.3) is 0 Å². The molecule has 2 aromatic rings. The Kier molecular flexibility index (Phi) is 6.73. The van der Waals surface area contributed by atoms with Crippen molar-refractivity contribution < 1.29 is 9.59 Å². The van der Waals surface area contributed by atoms with Gasteiger partial charge in [0, 0.05) is 18.9 Å². The Morgan fingerprint density at radius 2 is 1.83 bits per heavy atom. The molecule has 0 aliphatic carbocycles. The van der Waals surface area contributed by atoms with Gasteiger partial charge in [-0.05, 0) is 26.7 Å². The second-order valence-corrected chi connectivity index (χ2v) is 7.51. The minimum absolute atomic E-state index is 0.0236. The molecule has 10 heteroatoms. The van der Waals surface area contributed by atoms with Gasteiger partial charge in [-0.1, -0.05) is 29.6 Å². The molecule has 2 rings (SSSR count). The second-order valence-electron chi connectivity index (χ2n) is 5.39. The van der Waals surface area contributed by atoms with Crippen LogP contribution in [-0.4, -0.2) is 38.3 Å². The molecular weight excluding hydrogens is 348 g/mol. The Bertz CT molecular complexity index is 697. The molecule has 0 atom stereocenters. The highest BCUT2D eigenvalue weighted by Crippen LogP contribution is 2.18. The largest absolute Gasteiger partial charge is 0.354 e. The second kappa shape index (κ2) is 8.78. The van der Waals surface area contributed by atoms with E-state index < -0.39 is 0 Å². The van der Waals surface area contributed by atoms with Gasteiger partial charge in [0.25, 0.3) is 5.91 Å². The molecule has 2 aromatic heterocycles. The molecule has 2 N–H and O–H groups in total. The Labute approximate surface area is 148 Å². The molecule has 0 fully saturated rings. The number of nitrogens with zero attached hydrogens (tertiary/aromatic N) is 4. The molecule has 8 nitrogen and oxygen atoms in total. The van der Waals surface area contributed by atoms with Crippen LogP contribution in [0.15, 0.2) is 0 Å². The van der Waals surface area contributed by atoms with E-state index in [2.05, 4.69) is 31.0 Å². The summed E-state index contributed by atoms with van der Waals surface area (Å²) >= 11 is 2.57. The molecule has 0 aromatic carbocycles. The van der Waals surface area contributed by atoms with E-state index in [1.54, 1.807) is 0 Å². The number of hydrogen-bond acceptors (Lipinski definition) is 8. The van der Waals surface area contributed by atoms with Crippen molar-refractivity contribution in [2.75, 3.05) is 5.32 Å². The molecule has 0 aliphatic rings. The van der Waals surface area contributed by atoms with Gasteiger partial charge >= 0.3 is 0 Å². The highest BCUT2D eigenvalue weighted by atomic mass is 32.1. The van der Waals surface area contributed by atoms with E-state index in [9.17, 15) is 9.59 Å². The van der Waals surface area contributed by atoms with Gasteiger partial charge in [-0.3, -0.25) is 14.9 Å². The van der Waals surface area contributed by atoms with Gasteiger partial charge in [-0.15, -0.1) is 20.4 Å². The van der Waals surface area contributed by atoms with E-state index in [0.29, 0.717) is 24.4 Å². The first-order chi connectivity index (χ1) is 11.5. The number of aromatic nitrogens is 4. The molecule has 2 heterocycles. The van der Waals surface area contributed by atoms with Crippen LogP contribution in [0.4, 0.5) is 5.13 Å². The molecule has 0 spiro atoms. The van der Waals surface area contributed by atoms with Crippen LogP contribution in [0.5, 0.6) is 0 Å². The van der Waals surface area contributed by atoms with Crippen molar-refractivity contribution in [1.29, 1.82) is 0 Å². The number of carbonyl (C=O) groups is 2. The van der Waals surface area contributed by atoms with Gasteiger partial charge in [-0.25, -0.2) is 0 Å². The summed E-state index contributed by atoms with van der Waals surface area (Å²) in [6.07, 6.45) is 2.51. The number of nitrogens with one attached hydrogen (secondary N) is 2. The van der Waals surface area contributed by atoms with Crippen molar-refractivity contribution in [2.24, 2.45) is 0 Å². The van der Waals surface area contributed by atoms with E-state index in [0.717, 1.165) is 16.4 Å². The number of rotatable bonds is 8. The summed E-state index contributed by atoms with van der Waals surface area (Å²) in [5, 5.41) is 23.6. The maximum absolute atomic E-state index is 12.1. The fraction of sp³-hybridized carbons (Fsp3) is 0.571. The van der Waals surface area contributed by atoms with Gasteiger partial charge in [0.1, 0.15) is 10.0 Å². The van der Waals surface area contributed by atoms with Crippen LogP contribution in [-0.2, 0) is 17.6 Å². The number of carbonyl (C=O) groups excluding carboxylic acids is 2. The summed E-state index contributed by atoms with van der Waals surface area (Å²) in [7, 11) is 0. The van der Waals surface area contributed by atoms with Crippen molar-refractivity contribution in [3.8, 4) is 0 Å². The van der Waals surface area contributed by atoms with Crippen molar-refractivity contribution in [3.05, 3.63) is 15.0 Å². The van der Waals surface area contributed by atoms with Crippen LogP contribution in [0, 0.1) is 0 Å². The average Bonchev–Trinajstić information content (AvgIpc) is 3.15. The maximum Gasteiger partial charge on any atom is 0.288 e. The lowest BCUT2D eigenvalue weighted by atomic mass is 10.2. The molecule has 24 heavy (non-hydrogen) atoms. The summed E-state index contributed by atoms with van der Waals surface area (Å²) in [4.78, 5) is 23.7. The monoisotopic (exact) mass is 368 g/mol. The van der Waals surface area contributed by atoms with E-state index in [1.165, 1.54) is 22.7 Å². The van der Waals surface area contributed by atoms with Crippen LogP contribution in [0.3, 0.4) is 0 Å². The number of anilines is 1. The summed E-state index contributed by atoms with van der Waals surface area (Å²) in [5.41, 5.74) is 0. The Hall–Kier alpha value is -1.94. The zero-order chi connectivity index (χ0) is 17.5. The van der Waals surface area contributed by atoms with Crippen molar-refractivity contribution in [3.63, 3.8) is 0 Å². The highest BCUT2D eigenvalue weighted by molar-refractivity contribution is 7.16. The lowest BCUT2D eigenvalue weighted by molar-refractivity contribution is -0.121. The highest BCUT2D eigenvalue weighted by Gasteiger charge is 2.15. The molecule has 2 amide bonds. The van der Waals surface area contributed by atoms with E-state index in [4.69, 9.17) is 0 Å². The van der Waals surface area contributed by atoms with Crippen LogP contribution in [0.2, 0.25) is 0 Å². The van der Waals surface area contributed by atoms with Crippen molar-refractivity contribution in [1.82, 2.24) is 25.7 Å². The van der Waals surface area contributed by atoms with Crippen LogP contribution < -0.4 is 10.6 Å². The fourth-order valence-electron chi connectivity index (χ4n) is 1.84. The molecule has 0 saturated carbocycles. The van der Waals surface area contributed by atoms with Gasteiger partial charge < -0.3 is 5.32 Å². The average molecular weight is 368 g/mol. The van der Waals surface area contributed by atoms with Crippen LogP contribution in [0.1, 0.15) is 53.4 Å². The molecule has 0 unspecified atom stereocenters. The molecule has 0 aliphatic heterocycles. The van der Waals surface area contributed by atoms with Crippen LogP contribution >= 0.6 is 22.7 Å². The standard InChI is InChI=1S/C14H20N6O2S2/c1-4-10-17-20-14(24-10)16-12(22)13-19-18-11(23-13)7-5-6-9(21)15-8(2)3/h8H,4-7H2,1-3H3,(H,15,21)(H,16,20,22). The topological polar surface area (TPSA) is 110 Å². The van der Waals surface area contributed by atoms with Gasteiger partial charge in [0.2, 0.25) is 16.0 Å². The first-order valence-corrected chi connectivity index (χ1v) is 9.36. The lowest BCUT2D eigenvalue weighted by Gasteiger charge is -2.06. The summed E-state index contributed by atoms with van der Waals surface area (Å²) in [6.45, 7) is 5.83. The lowest BCUT2D eigenvalue weighted by Crippen LogP contribution is -2.29. The summed E-state index contributed by atoms with van der Waals surface area (Å²) in [6, 6.07) is 0.142. The predicted molar refractivity (Wildman–Crippen MR) is 93.4 cm³/mol. The van der Waals surface area contributed by atoms with Crippen molar-refractivity contribution >= 4 is 39.6 Å². The Balaban J connectivity index is 1.81. The van der Waals surface area contributed by atoms with Gasteiger partial charge in [0.15, 0.2) is 0 Å². The first kappa shape index (κ1) is 18.4. The molecule has 0 radical (unpaired) electrons. The maximum atomic E-state index is 12.1. The number of hydrogen-bond donors (Lipinski definition) is 2. The zero-order valence-electron chi connectivity index (χ0n) is 13.8. The molecule has 0 saturated heterocycles. The Morgan fingerprint density at radius 1 is 1.08 bits per heavy atom. The third-order valence-electron chi connectivity index (χ3n) is 2.89. The minimum atomic E-state index is -0.338. The minimum Gasteiger partial charge on any atom is -0.354 e. The Morgan fingerprint density at radius 3 is 2.50 bits per heavy atom. The molecular formula is C14H20N6O2S2. The number of amides is 2. The number of aryl methyl sites for hydroxylation is 2. The van der Waals surface area contributed by atoms with E-state index in [-0.39, 0.29) is 22.9 Å². The third kappa shape index (κ3) is 5.60. The first-order valence-electron chi connectivity index (χ1n) is 7.73. The molecule has 0 bridgehead atoms. The molecule has 130 valence electrons. The van der Waals surface area contributed by atoms with Crippen molar-refractivity contribution in [2.45, 2.75) is 52.5 Å². The normalized spacial score (nSPS) is 10.8. The summed E-state index contributed by atoms with van der Waals surface area (Å²) in [5.74, 6) is -0.314. The van der Waals surface area contributed by atoms with Gasteiger partial charge in [0.05, 0.1) is 0 Å². The zero-order valence-corrected chi connectivity index (χ0v) is 15.5. The van der Waals surface area contributed by atoms with E-state index >= 15 is 0 Å². The smallest absolute Gasteiger partial charge is 0.288 e. The van der Waals surface area contributed by atoms with Gasteiger partial charge in [-0.2, -0.15) is 0 Å². The predicted octanol–water partition coefficient (Wildman–Crippen LogP) is 2.05.